The van der Waals surface area contributed by atoms with E-state index in [1.54, 1.807) is 6.20 Å². The van der Waals surface area contributed by atoms with Crippen LogP contribution in [0.1, 0.15) is 5.56 Å². The van der Waals surface area contributed by atoms with Crippen LogP contribution in [0.2, 0.25) is 0 Å². The Morgan fingerprint density at radius 3 is 2.46 bits per heavy atom. The van der Waals surface area contributed by atoms with Crippen LogP contribution in [0, 0.1) is 0 Å². The zero-order valence-electron chi connectivity index (χ0n) is 14.8. The molecule has 0 radical (unpaired) electrons. The van der Waals surface area contributed by atoms with E-state index in [0.29, 0.717) is 0 Å². The summed E-state index contributed by atoms with van der Waals surface area (Å²) in [5.41, 5.74) is 6.83. The Kier molecular flexibility index (Phi) is 4.14. The van der Waals surface area contributed by atoms with Gasteiger partial charge in [-0.05, 0) is 11.6 Å². The number of aromatic nitrogens is 3. The summed E-state index contributed by atoms with van der Waals surface area (Å²) in [6.07, 6.45) is 5.68. The van der Waals surface area contributed by atoms with Crippen molar-refractivity contribution < 1.29 is 5.11 Å². The fourth-order valence-electron chi connectivity index (χ4n) is 3.10. The summed E-state index contributed by atoms with van der Waals surface area (Å²) < 4.78 is 2.06. The molecule has 0 atom stereocenters. The number of hydrogen-bond donors (Lipinski definition) is 1. The van der Waals surface area contributed by atoms with Crippen molar-refractivity contribution in [2.45, 2.75) is 6.61 Å². The Labute approximate surface area is 152 Å². The molecule has 4 aromatic rings. The van der Waals surface area contributed by atoms with E-state index in [-0.39, 0.29) is 6.61 Å². The summed E-state index contributed by atoms with van der Waals surface area (Å²) in [6, 6.07) is 16.1. The maximum atomic E-state index is 9.23. The first kappa shape index (κ1) is 16.3. The molecule has 0 aliphatic rings. The Bertz CT molecular complexity index is 1050. The monoisotopic (exact) mass is 344 g/mol. The van der Waals surface area contributed by atoms with Crippen LogP contribution in [-0.2, 0) is 6.61 Å². The normalized spacial score (nSPS) is 11.0. The van der Waals surface area contributed by atoms with Crippen molar-refractivity contribution in [3.63, 3.8) is 0 Å². The minimum absolute atomic E-state index is 0.0445. The topological polar surface area (TPSA) is 53.7 Å². The third kappa shape index (κ3) is 2.82. The van der Waals surface area contributed by atoms with Crippen molar-refractivity contribution in [1.29, 1.82) is 0 Å². The minimum Gasteiger partial charge on any atom is -0.392 e. The standard InChI is InChI=1S/C21H20N4O/c1-24(2)19-6-4-3-5-17(19)18-13-25-20(11-23-21(25)12-22-18)16-9-7-15(14-26)8-10-16/h3-13,26H,14H2,1-2H3. The molecule has 0 unspecified atom stereocenters. The highest BCUT2D eigenvalue weighted by atomic mass is 16.3. The molecule has 2 aromatic carbocycles. The highest BCUT2D eigenvalue weighted by Crippen LogP contribution is 2.29. The number of anilines is 1. The van der Waals surface area contributed by atoms with Crippen molar-refractivity contribution in [2.24, 2.45) is 0 Å². The van der Waals surface area contributed by atoms with E-state index in [2.05, 4.69) is 31.4 Å². The Hall–Kier alpha value is -3.18. The number of nitrogens with zero attached hydrogens (tertiary/aromatic N) is 4. The van der Waals surface area contributed by atoms with Gasteiger partial charge >= 0.3 is 0 Å². The molecule has 0 spiro atoms. The Morgan fingerprint density at radius 2 is 1.73 bits per heavy atom. The molecule has 1 N–H and O–H groups in total. The number of para-hydroxylation sites is 1. The second kappa shape index (κ2) is 6.61. The van der Waals surface area contributed by atoms with E-state index >= 15 is 0 Å². The summed E-state index contributed by atoms with van der Waals surface area (Å²) in [5.74, 6) is 0. The first-order chi connectivity index (χ1) is 12.7. The zero-order chi connectivity index (χ0) is 18.1. The van der Waals surface area contributed by atoms with Gasteiger partial charge in [-0.15, -0.1) is 0 Å². The predicted octanol–water partition coefficient (Wildman–Crippen LogP) is 3.62. The van der Waals surface area contributed by atoms with Gasteiger partial charge in [0.05, 0.1) is 30.4 Å². The maximum absolute atomic E-state index is 9.23. The van der Waals surface area contributed by atoms with Gasteiger partial charge in [-0.2, -0.15) is 0 Å². The minimum atomic E-state index is 0.0445. The molecule has 0 aliphatic heterocycles. The van der Waals surface area contributed by atoms with Gasteiger partial charge in [0.25, 0.3) is 0 Å². The van der Waals surface area contributed by atoms with E-state index in [1.165, 1.54) is 0 Å². The number of aliphatic hydroxyl groups is 1. The van der Waals surface area contributed by atoms with E-state index in [4.69, 9.17) is 0 Å². The molecule has 0 bridgehead atoms. The Balaban J connectivity index is 1.85. The predicted molar refractivity (Wildman–Crippen MR) is 104 cm³/mol. The van der Waals surface area contributed by atoms with Gasteiger partial charge in [-0.3, -0.25) is 9.38 Å². The molecule has 5 heteroatoms. The molecular formula is C21H20N4O. The van der Waals surface area contributed by atoms with Crippen molar-refractivity contribution in [3.05, 3.63) is 72.7 Å². The van der Waals surface area contributed by atoms with E-state index in [1.807, 2.05) is 62.9 Å². The fourth-order valence-corrected chi connectivity index (χ4v) is 3.10. The molecular weight excluding hydrogens is 324 g/mol. The van der Waals surface area contributed by atoms with E-state index < -0.39 is 0 Å². The van der Waals surface area contributed by atoms with Gasteiger partial charge in [0, 0.05) is 37.1 Å². The summed E-state index contributed by atoms with van der Waals surface area (Å²) in [6.45, 7) is 0.0445. The third-order valence-electron chi connectivity index (χ3n) is 4.49. The largest absolute Gasteiger partial charge is 0.392 e. The first-order valence-corrected chi connectivity index (χ1v) is 8.47. The lowest BCUT2D eigenvalue weighted by molar-refractivity contribution is 0.282. The lowest BCUT2D eigenvalue weighted by Crippen LogP contribution is -2.10. The molecule has 5 nitrogen and oxygen atoms in total. The molecule has 0 aliphatic carbocycles. The lowest BCUT2D eigenvalue weighted by Gasteiger charge is -2.17. The summed E-state index contributed by atoms with van der Waals surface area (Å²) >= 11 is 0. The molecule has 2 aromatic heterocycles. The molecule has 4 rings (SSSR count). The highest BCUT2D eigenvalue weighted by Gasteiger charge is 2.11. The average molecular weight is 344 g/mol. The molecule has 0 fully saturated rings. The second-order valence-corrected chi connectivity index (χ2v) is 6.41. The summed E-state index contributed by atoms with van der Waals surface area (Å²) in [5, 5.41) is 9.23. The molecule has 26 heavy (non-hydrogen) atoms. The van der Waals surface area contributed by atoms with Crippen LogP contribution in [-0.4, -0.2) is 33.6 Å². The SMILES string of the molecule is CN(C)c1ccccc1-c1cn2c(-c3ccc(CO)cc3)cnc2cn1. The molecule has 0 amide bonds. The van der Waals surface area contributed by atoms with Crippen molar-refractivity contribution in [3.8, 4) is 22.5 Å². The van der Waals surface area contributed by atoms with E-state index in [0.717, 1.165) is 39.4 Å². The van der Waals surface area contributed by atoms with Gasteiger partial charge in [0.15, 0.2) is 5.65 Å². The average Bonchev–Trinajstić information content (AvgIpc) is 3.11. The van der Waals surface area contributed by atoms with Crippen molar-refractivity contribution in [2.75, 3.05) is 19.0 Å². The summed E-state index contributed by atoms with van der Waals surface area (Å²) in [7, 11) is 4.06. The lowest BCUT2D eigenvalue weighted by atomic mass is 10.1. The van der Waals surface area contributed by atoms with Crippen LogP contribution in [0.4, 0.5) is 5.69 Å². The van der Waals surface area contributed by atoms with E-state index in [9.17, 15) is 5.11 Å². The quantitative estimate of drug-likeness (QED) is 0.614. The van der Waals surface area contributed by atoms with Crippen molar-refractivity contribution in [1.82, 2.24) is 14.4 Å². The second-order valence-electron chi connectivity index (χ2n) is 6.41. The van der Waals surface area contributed by atoms with Gasteiger partial charge in [0.1, 0.15) is 0 Å². The molecule has 0 saturated heterocycles. The third-order valence-corrected chi connectivity index (χ3v) is 4.49. The van der Waals surface area contributed by atoms with Crippen LogP contribution in [0.15, 0.2) is 67.1 Å². The highest BCUT2D eigenvalue weighted by molar-refractivity contribution is 5.76. The number of imidazole rings is 1. The first-order valence-electron chi connectivity index (χ1n) is 8.47. The molecule has 2 heterocycles. The number of hydrogen-bond acceptors (Lipinski definition) is 4. The number of benzene rings is 2. The molecule has 130 valence electrons. The van der Waals surface area contributed by atoms with Crippen LogP contribution in [0.5, 0.6) is 0 Å². The Morgan fingerprint density at radius 1 is 0.962 bits per heavy atom. The number of aliphatic hydroxyl groups excluding tert-OH is 1. The number of rotatable bonds is 4. The van der Waals surface area contributed by atoms with Gasteiger partial charge in [-0.25, -0.2) is 4.98 Å². The van der Waals surface area contributed by atoms with Crippen LogP contribution in [0.25, 0.3) is 28.2 Å². The van der Waals surface area contributed by atoms with Crippen LogP contribution >= 0.6 is 0 Å². The number of fused-ring (bicyclic) bond motifs is 1. The van der Waals surface area contributed by atoms with Crippen molar-refractivity contribution >= 4 is 11.3 Å². The van der Waals surface area contributed by atoms with Gasteiger partial charge in [0.2, 0.25) is 0 Å². The van der Waals surface area contributed by atoms with Gasteiger partial charge in [-0.1, -0.05) is 42.5 Å². The maximum Gasteiger partial charge on any atom is 0.155 e. The van der Waals surface area contributed by atoms with Crippen LogP contribution < -0.4 is 4.90 Å². The zero-order valence-corrected chi connectivity index (χ0v) is 14.8. The summed E-state index contributed by atoms with van der Waals surface area (Å²) in [4.78, 5) is 11.2. The van der Waals surface area contributed by atoms with Crippen LogP contribution in [0.3, 0.4) is 0 Å². The smallest absolute Gasteiger partial charge is 0.155 e. The molecule has 0 saturated carbocycles. The fraction of sp³-hybridized carbons (Fsp3) is 0.143. The van der Waals surface area contributed by atoms with Gasteiger partial charge < -0.3 is 10.0 Å².